The third-order valence-corrected chi connectivity index (χ3v) is 5.10. The highest BCUT2D eigenvalue weighted by atomic mass is 16.4. The summed E-state index contributed by atoms with van der Waals surface area (Å²) in [6.07, 6.45) is 13.8. The molecule has 0 saturated carbocycles. The maximum Gasteiger partial charge on any atom is 0.309 e. The largest absolute Gasteiger partial charge is 0.481 e. The summed E-state index contributed by atoms with van der Waals surface area (Å²) in [6, 6.07) is 0. The van der Waals surface area contributed by atoms with E-state index in [1.807, 2.05) is 13.8 Å². The maximum absolute atomic E-state index is 11.4. The normalized spacial score (nSPS) is 11.6. The number of carbonyl (C=O) groups is 2. The number of unbranched alkanes of at least 4 members (excludes halogenated alkanes) is 9. The average Bonchev–Trinajstić information content (AvgIpc) is 2.52. The zero-order valence-electron chi connectivity index (χ0n) is 15.1. The molecule has 0 atom stereocenters. The Labute approximate surface area is 141 Å². The van der Waals surface area contributed by atoms with Gasteiger partial charge in [0, 0.05) is 6.42 Å². The molecule has 0 aliphatic heterocycles. The summed E-state index contributed by atoms with van der Waals surface area (Å²) in [5.74, 6) is -1.33. The van der Waals surface area contributed by atoms with Gasteiger partial charge in [0.1, 0.15) is 0 Å². The van der Waals surface area contributed by atoms with Crippen LogP contribution in [0, 0.1) is 5.41 Å². The van der Waals surface area contributed by atoms with Gasteiger partial charge >= 0.3 is 11.9 Å². The molecule has 0 aliphatic rings. The van der Waals surface area contributed by atoms with Gasteiger partial charge in [0.15, 0.2) is 0 Å². The molecular weight excluding hydrogens is 292 g/mol. The topological polar surface area (TPSA) is 74.6 Å². The second-order valence-electron chi connectivity index (χ2n) is 6.72. The molecule has 0 saturated heterocycles. The molecule has 0 unspecified atom stereocenters. The minimum atomic E-state index is -0.692. The monoisotopic (exact) mass is 328 g/mol. The number of rotatable bonds is 16. The zero-order chi connectivity index (χ0) is 17.6. The second-order valence-corrected chi connectivity index (χ2v) is 6.72. The van der Waals surface area contributed by atoms with E-state index in [0.717, 1.165) is 51.4 Å². The van der Waals surface area contributed by atoms with Crippen LogP contribution >= 0.6 is 0 Å². The molecule has 0 aromatic heterocycles. The Morgan fingerprint density at radius 3 is 1.43 bits per heavy atom. The molecule has 2 N–H and O–H groups in total. The quantitative estimate of drug-likeness (QED) is 0.359. The number of carboxylic acid groups (broad SMARTS) is 2. The van der Waals surface area contributed by atoms with E-state index >= 15 is 0 Å². The summed E-state index contributed by atoms with van der Waals surface area (Å²) in [5.41, 5.74) is -0.504. The molecule has 136 valence electrons. The summed E-state index contributed by atoms with van der Waals surface area (Å²) in [5, 5.41) is 17.9. The lowest BCUT2D eigenvalue weighted by Gasteiger charge is -2.26. The molecule has 0 heterocycles. The van der Waals surface area contributed by atoms with Gasteiger partial charge in [-0.05, 0) is 25.7 Å². The molecule has 0 aromatic rings. The van der Waals surface area contributed by atoms with Crippen LogP contribution in [0.4, 0.5) is 0 Å². The maximum atomic E-state index is 11.4. The third kappa shape index (κ3) is 10.4. The van der Waals surface area contributed by atoms with E-state index in [1.54, 1.807) is 0 Å². The second kappa shape index (κ2) is 13.4. The van der Waals surface area contributed by atoms with Crippen molar-refractivity contribution < 1.29 is 19.8 Å². The van der Waals surface area contributed by atoms with E-state index in [0.29, 0.717) is 6.42 Å². The minimum Gasteiger partial charge on any atom is -0.481 e. The van der Waals surface area contributed by atoms with E-state index in [2.05, 4.69) is 0 Å². The molecule has 23 heavy (non-hydrogen) atoms. The molecular formula is C19H36O4. The van der Waals surface area contributed by atoms with Crippen LogP contribution in [-0.2, 0) is 9.59 Å². The molecule has 4 heteroatoms. The van der Waals surface area contributed by atoms with Crippen molar-refractivity contribution in [2.45, 2.75) is 104 Å². The highest BCUT2D eigenvalue weighted by Gasteiger charge is 2.33. The summed E-state index contributed by atoms with van der Waals surface area (Å²) in [7, 11) is 0. The number of hydrogen-bond donors (Lipinski definition) is 2. The van der Waals surface area contributed by atoms with E-state index in [-0.39, 0.29) is 0 Å². The first-order valence-electron chi connectivity index (χ1n) is 9.43. The fraction of sp³-hybridized carbons (Fsp3) is 0.895. The molecule has 0 bridgehead atoms. The molecule has 0 spiro atoms. The van der Waals surface area contributed by atoms with Crippen molar-refractivity contribution in [1.82, 2.24) is 0 Å². The van der Waals surface area contributed by atoms with Crippen LogP contribution in [0.2, 0.25) is 0 Å². The highest BCUT2D eigenvalue weighted by molar-refractivity contribution is 5.74. The lowest BCUT2D eigenvalue weighted by Crippen LogP contribution is -2.29. The van der Waals surface area contributed by atoms with Crippen molar-refractivity contribution in [2.24, 2.45) is 5.41 Å². The Morgan fingerprint density at radius 1 is 0.696 bits per heavy atom. The van der Waals surface area contributed by atoms with Crippen molar-refractivity contribution in [3.05, 3.63) is 0 Å². The minimum absolute atomic E-state index is 0.299. The van der Waals surface area contributed by atoms with Crippen molar-refractivity contribution >= 4 is 11.9 Å². The Kier molecular flexibility index (Phi) is 12.8. The highest BCUT2D eigenvalue weighted by Crippen LogP contribution is 2.33. The summed E-state index contributed by atoms with van der Waals surface area (Å²) in [4.78, 5) is 21.8. The lowest BCUT2D eigenvalue weighted by molar-refractivity contribution is -0.150. The van der Waals surface area contributed by atoms with Crippen LogP contribution in [0.25, 0.3) is 0 Å². The van der Waals surface area contributed by atoms with Crippen LogP contribution in [0.15, 0.2) is 0 Å². The van der Waals surface area contributed by atoms with Crippen molar-refractivity contribution in [2.75, 3.05) is 0 Å². The van der Waals surface area contributed by atoms with Gasteiger partial charge in [0.05, 0.1) is 5.41 Å². The van der Waals surface area contributed by atoms with Crippen molar-refractivity contribution in [3.8, 4) is 0 Å². The van der Waals surface area contributed by atoms with Gasteiger partial charge < -0.3 is 10.2 Å². The molecule has 0 fully saturated rings. The van der Waals surface area contributed by atoms with Gasteiger partial charge in [-0.25, -0.2) is 0 Å². The average molecular weight is 328 g/mol. The number of carboxylic acids is 2. The van der Waals surface area contributed by atoms with Gasteiger partial charge in [-0.1, -0.05) is 71.6 Å². The number of aliphatic carboxylic acids is 2. The van der Waals surface area contributed by atoms with Gasteiger partial charge in [-0.2, -0.15) is 0 Å². The lowest BCUT2D eigenvalue weighted by atomic mass is 9.78. The predicted octanol–water partition coefficient (Wildman–Crippen LogP) is 5.64. The van der Waals surface area contributed by atoms with Gasteiger partial charge in [0.2, 0.25) is 0 Å². The standard InChI is InChI=1S/C19H36O4/c1-3-19(4-2,18(22)23)16-14-12-10-8-6-5-7-9-11-13-15-17(20)21/h3-16H2,1-2H3,(H,20,21)(H,22,23). The van der Waals surface area contributed by atoms with Crippen molar-refractivity contribution in [1.29, 1.82) is 0 Å². The first-order valence-corrected chi connectivity index (χ1v) is 9.43. The van der Waals surface area contributed by atoms with Gasteiger partial charge in [0.25, 0.3) is 0 Å². The zero-order valence-corrected chi connectivity index (χ0v) is 15.1. The predicted molar refractivity (Wildman–Crippen MR) is 93.7 cm³/mol. The van der Waals surface area contributed by atoms with Gasteiger partial charge in [-0.3, -0.25) is 9.59 Å². The first-order chi connectivity index (χ1) is 11.0. The van der Waals surface area contributed by atoms with Crippen LogP contribution in [0.3, 0.4) is 0 Å². The Bertz CT molecular complexity index is 321. The van der Waals surface area contributed by atoms with Crippen molar-refractivity contribution in [3.63, 3.8) is 0 Å². The Balaban J connectivity index is 3.46. The van der Waals surface area contributed by atoms with Gasteiger partial charge in [-0.15, -0.1) is 0 Å². The molecule has 0 aromatic carbocycles. The fourth-order valence-electron chi connectivity index (χ4n) is 3.17. The van der Waals surface area contributed by atoms with E-state index in [1.165, 1.54) is 32.1 Å². The fourth-order valence-corrected chi connectivity index (χ4v) is 3.17. The summed E-state index contributed by atoms with van der Waals surface area (Å²) < 4.78 is 0. The van der Waals surface area contributed by atoms with Crippen LogP contribution < -0.4 is 0 Å². The molecule has 0 amide bonds. The van der Waals surface area contributed by atoms with Crippen LogP contribution in [0.1, 0.15) is 104 Å². The van der Waals surface area contributed by atoms with Crippen LogP contribution in [0.5, 0.6) is 0 Å². The van der Waals surface area contributed by atoms with Crippen LogP contribution in [-0.4, -0.2) is 22.2 Å². The summed E-state index contributed by atoms with van der Waals surface area (Å²) >= 11 is 0. The Morgan fingerprint density at radius 2 is 1.09 bits per heavy atom. The molecule has 0 rings (SSSR count). The van der Waals surface area contributed by atoms with E-state index in [9.17, 15) is 14.7 Å². The van der Waals surface area contributed by atoms with E-state index < -0.39 is 17.4 Å². The molecule has 0 radical (unpaired) electrons. The first kappa shape index (κ1) is 21.9. The van der Waals surface area contributed by atoms with E-state index in [4.69, 9.17) is 5.11 Å². The molecule has 0 aliphatic carbocycles. The smallest absolute Gasteiger partial charge is 0.309 e. The Hall–Kier alpha value is -1.06. The third-order valence-electron chi connectivity index (χ3n) is 5.10. The number of hydrogen-bond acceptors (Lipinski definition) is 2. The summed E-state index contributed by atoms with van der Waals surface area (Å²) in [6.45, 7) is 3.96. The SMILES string of the molecule is CCC(CC)(CCCCCCCCCCCCC(=O)O)C(=O)O. The molecule has 4 nitrogen and oxygen atoms in total.